The van der Waals surface area contributed by atoms with E-state index < -0.39 is 0 Å². The van der Waals surface area contributed by atoms with Gasteiger partial charge in [-0.05, 0) is 18.9 Å². The Bertz CT molecular complexity index is 547. The van der Waals surface area contributed by atoms with Crippen molar-refractivity contribution in [1.82, 2.24) is 19.6 Å². The van der Waals surface area contributed by atoms with E-state index in [0.717, 1.165) is 26.2 Å². The predicted octanol–water partition coefficient (Wildman–Crippen LogP) is 1.43. The summed E-state index contributed by atoms with van der Waals surface area (Å²) in [5, 5.41) is 4.49. The molecule has 2 aliphatic heterocycles. The van der Waals surface area contributed by atoms with E-state index in [9.17, 15) is 4.79 Å². The molecule has 1 atom stereocenters. The number of rotatable bonds is 3. The van der Waals surface area contributed by atoms with Crippen LogP contribution < -0.4 is 0 Å². The first-order chi connectivity index (χ1) is 11.3. The molecule has 0 spiro atoms. The molecule has 4 rings (SSSR count). The van der Waals surface area contributed by atoms with Crippen LogP contribution in [0.3, 0.4) is 0 Å². The number of ether oxygens (including phenoxy) is 1. The molecule has 0 bridgehead atoms. The molecule has 1 aromatic heterocycles. The highest BCUT2D eigenvalue weighted by Crippen LogP contribution is 2.31. The molecule has 1 saturated heterocycles. The Morgan fingerprint density at radius 2 is 2.04 bits per heavy atom. The number of aromatic nitrogens is 2. The number of amides is 1. The number of hydrogen-bond acceptors (Lipinski definition) is 4. The average molecular weight is 318 g/mol. The Hall–Kier alpha value is -1.40. The molecule has 126 valence electrons. The molecule has 1 aromatic rings. The molecule has 0 radical (unpaired) electrons. The Morgan fingerprint density at radius 3 is 2.83 bits per heavy atom. The Morgan fingerprint density at radius 1 is 1.26 bits per heavy atom. The topological polar surface area (TPSA) is 50.6 Å². The predicted molar refractivity (Wildman–Crippen MR) is 85.9 cm³/mol. The van der Waals surface area contributed by atoms with Crippen LogP contribution in [0.4, 0.5) is 0 Å². The first-order valence-electron chi connectivity index (χ1n) is 8.93. The lowest BCUT2D eigenvalue weighted by Gasteiger charge is -2.38. The van der Waals surface area contributed by atoms with Crippen molar-refractivity contribution in [3.05, 3.63) is 18.0 Å². The van der Waals surface area contributed by atoms with Gasteiger partial charge in [-0.2, -0.15) is 5.10 Å². The van der Waals surface area contributed by atoms with E-state index in [-0.39, 0.29) is 11.9 Å². The van der Waals surface area contributed by atoms with Crippen LogP contribution in [0.15, 0.2) is 12.3 Å². The summed E-state index contributed by atoms with van der Waals surface area (Å²) in [6.07, 6.45) is 7.73. The molecule has 0 aromatic carbocycles. The summed E-state index contributed by atoms with van der Waals surface area (Å²) in [7, 11) is 0. The number of morpholine rings is 1. The van der Waals surface area contributed by atoms with Gasteiger partial charge in [0.25, 0.3) is 0 Å². The zero-order chi connectivity index (χ0) is 15.6. The van der Waals surface area contributed by atoms with Gasteiger partial charge >= 0.3 is 0 Å². The molecule has 3 aliphatic rings. The Labute approximate surface area is 137 Å². The fourth-order valence-electron chi connectivity index (χ4n) is 4.26. The van der Waals surface area contributed by atoms with Gasteiger partial charge in [-0.25, -0.2) is 0 Å². The van der Waals surface area contributed by atoms with Crippen LogP contribution in [-0.4, -0.2) is 64.4 Å². The molecule has 3 heterocycles. The second kappa shape index (κ2) is 6.61. The number of hydrogen-bond donors (Lipinski definition) is 0. The van der Waals surface area contributed by atoms with Crippen LogP contribution in [0.25, 0.3) is 0 Å². The van der Waals surface area contributed by atoms with Gasteiger partial charge in [0.1, 0.15) is 0 Å². The van der Waals surface area contributed by atoms with Gasteiger partial charge in [0, 0.05) is 38.4 Å². The number of nitrogens with zero attached hydrogens (tertiary/aromatic N) is 4. The molecule has 6 heteroatoms. The van der Waals surface area contributed by atoms with E-state index in [4.69, 9.17) is 4.74 Å². The first-order valence-corrected chi connectivity index (χ1v) is 8.93. The zero-order valence-corrected chi connectivity index (χ0v) is 13.7. The highest BCUT2D eigenvalue weighted by molar-refractivity contribution is 5.76. The summed E-state index contributed by atoms with van der Waals surface area (Å²) in [5.74, 6) is 0.244. The summed E-state index contributed by atoms with van der Waals surface area (Å²) in [6.45, 7) is 4.71. The number of carbonyl (C=O) groups is 1. The van der Waals surface area contributed by atoms with Crippen molar-refractivity contribution in [3.8, 4) is 0 Å². The number of carbonyl (C=O) groups excluding carboxylic acids is 1. The molecule has 2 fully saturated rings. The largest absolute Gasteiger partial charge is 0.378 e. The molecular formula is C17H26N4O2. The standard InChI is InChI=1S/C17H26N4O2/c22-17(19-7-9-23-10-8-19)11-16-13-20(14-3-1-2-4-14)12-15-5-6-18-21(15)16/h5-6,14,16H,1-4,7-13H2. The molecule has 0 N–H and O–H groups in total. The van der Waals surface area contributed by atoms with E-state index in [0.29, 0.717) is 25.7 Å². The highest BCUT2D eigenvalue weighted by Gasteiger charge is 2.33. The molecule has 1 amide bonds. The third kappa shape index (κ3) is 3.15. The highest BCUT2D eigenvalue weighted by atomic mass is 16.5. The SMILES string of the molecule is O=C(CC1CN(C2CCCC2)Cc2ccnn21)N1CCOCC1. The second-order valence-electron chi connectivity index (χ2n) is 6.99. The minimum absolute atomic E-state index is 0.171. The minimum Gasteiger partial charge on any atom is -0.378 e. The summed E-state index contributed by atoms with van der Waals surface area (Å²) in [5.41, 5.74) is 1.25. The van der Waals surface area contributed by atoms with Gasteiger partial charge in [-0.15, -0.1) is 0 Å². The monoisotopic (exact) mass is 318 g/mol. The van der Waals surface area contributed by atoms with Crippen LogP contribution in [0, 0.1) is 0 Å². The van der Waals surface area contributed by atoms with Crippen molar-refractivity contribution in [2.75, 3.05) is 32.8 Å². The molecule has 1 aliphatic carbocycles. The van der Waals surface area contributed by atoms with Crippen molar-refractivity contribution in [1.29, 1.82) is 0 Å². The van der Waals surface area contributed by atoms with Crippen molar-refractivity contribution >= 4 is 5.91 Å². The van der Waals surface area contributed by atoms with Crippen molar-refractivity contribution in [2.24, 2.45) is 0 Å². The molecule has 6 nitrogen and oxygen atoms in total. The van der Waals surface area contributed by atoms with Crippen molar-refractivity contribution < 1.29 is 9.53 Å². The van der Waals surface area contributed by atoms with Crippen LogP contribution in [0.5, 0.6) is 0 Å². The summed E-state index contributed by atoms with van der Waals surface area (Å²) in [4.78, 5) is 17.2. The van der Waals surface area contributed by atoms with E-state index in [1.54, 1.807) is 0 Å². The smallest absolute Gasteiger partial charge is 0.224 e. The normalized spacial score (nSPS) is 26.4. The number of fused-ring (bicyclic) bond motifs is 1. The van der Waals surface area contributed by atoms with Crippen LogP contribution in [0.2, 0.25) is 0 Å². The molecule has 1 unspecified atom stereocenters. The molecular weight excluding hydrogens is 292 g/mol. The van der Waals surface area contributed by atoms with Crippen molar-refractivity contribution in [2.45, 2.75) is 50.7 Å². The van der Waals surface area contributed by atoms with E-state index >= 15 is 0 Å². The van der Waals surface area contributed by atoms with Crippen LogP contribution in [0.1, 0.15) is 43.8 Å². The van der Waals surface area contributed by atoms with Crippen LogP contribution in [-0.2, 0) is 16.1 Å². The Balaban J connectivity index is 1.46. The second-order valence-corrected chi connectivity index (χ2v) is 6.99. The van der Waals surface area contributed by atoms with Crippen molar-refractivity contribution in [3.63, 3.8) is 0 Å². The Kier molecular flexibility index (Phi) is 4.35. The maximum absolute atomic E-state index is 12.6. The lowest BCUT2D eigenvalue weighted by atomic mass is 10.1. The molecule has 1 saturated carbocycles. The van der Waals surface area contributed by atoms with Gasteiger partial charge in [-0.3, -0.25) is 14.4 Å². The third-order valence-electron chi connectivity index (χ3n) is 5.52. The van der Waals surface area contributed by atoms with Gasteiger partial charge < -0.3 is 9.64 Å². The summed E-state index contributed by atoms with van der Waals surface area (Å²) in [6, 6.07) is 2.97. The third-order valence-corrected chi connectivity index (χ3v) is 5.52. The van der Waals surface area contributed by atoms with E-state index in [1.165, 1.54) is 31.4 Å². The zero-order valence-electron chi connectivity index (χ0n) is 13.7. The van der Waals surface area contributed by atoms with E-state index in [1.807, 2.05) is 11.1 Å². The summed E-state index contributed by atoms with van der Waals surface area (Å²) >= 11 is 0. The first kappa shape index (κ1) is 15.1. The van der Waals surface area contributed by atoms with Gasteiger partial charge in [0.15, 0.2) is 0 Å². The lowest BCUT2D eigenvalue weighted by Crippen LogP contribution is -2.46. The average Bonchev–Trinajstić information content (AvgIpc) is 3.27. The fraction of sp³-hybridized carbons (Fsp3) is 0.765. The van der Waals surface area contributed by atoms with Gasteiger partial charge in [0.05, 0.1) is 31.4 Å². The fourth-order valence-corrected chi connectivity index (χ4v) is 4.26. The lowest BCUT2D eigenvalue weighted by molar-refractivity contribution is -0.136. The maximum atomic E-state index is 12.6. The minimum atomic E-state index is 0.171. The van der Waals surface area contributed by atoms with E-state index in [2.05, 4.69) is 20.7 Å². The van der Waals surface area contributed by atoms with Gasteiger partial charge in [0.2, 0.25) is 5.91 Å². The summed E-state index contributed by atoms with van der Waals surface area (Å²) < 4.78 is 7.44. The molecule has 23 heavy (non-hydrogen) atoms. The quantitative estimate of drug-likeness (QED) is 0.846. The van der Waals surface area contributed by atoms with Gasteiger partial charge in [-0.1, -0.05) is 12.8 Å². The maximum Gasteiger partial charge on any atom is 0.224 e. The van der Waals surface area contributed by atoms with Crippen LogP contribution >= 0.6 is 0 Å².